The first kappa shape index (κ1) is 11.6. The zero-order chi connectivity index (χ0) is 11.4. The van der Waals surface area contributed by atoms with E-state index in [1.54, 1.807) is 31.8 Å². The number of nitrogens with zero attached hydrogens (tertiary/aromatic N) is 2. The number of esters is 1. The number of hydrogen-bond acceptors (Lipinski definition) is 4. The lowest BCUT2D eigenvalue weighted by atomic mass is 10.4. The summed E-state index contributed by atoms with van der Waals surface area (Å²) < 4.78 is 11.9. The SMILES string of the molecule is CCOC(=O)C(C)Oc1c(C)cnn1C. The second-order valence-electron chi connectivity index (χ2n) is 3.27. The Morgan fingerprint density at radius 1 is 1.67 bits per heavy atom. The maximum atomic E-state index is 11.3. The first-order chi connectivity index (χ1) is 7.06. The summed E-state index contributed by atoms with van der Waals surface area (Å²) in [6.45, 7) is 5.65. The van der Waals surface area contributed by atoms with Crippen LogP contribution >= 0.6 is 0 Å². The van der Waals surface area contributed by atoms with Gasteiger partial charge in [0.05, 0.1) is 12.8 Å². The lowest BCUT2D eigenvalue weighted by Crippen LogP contribution is -2.27. The van der Waals surface area contributed by atoms with Crippen molar-refractivity contribution in [3.05, 3.63) is 11.8 Å². The van der Waals surface area contributed by atoms with Gasteiger partial charge in [-0.2, -0.15) is 5.10 Å². The van der Waals surface area contributed by atoms with E-state index < -0.39 is 6.10 Å². The molecule has 5 heteroatoms. The predicted octanol–water partition coefficient (Wildman–Crippen LogP) is 1.06. The highest BCUT2D eigenvalue weighted by atomic mass is 16.6. The lowest BCUT2D eigenvalue weighted by molar-refractivity contribution is -0.150. The minimum Gasteiger partial charge on any atom is -0.463 e. The molecule has 0 aromatic carbocycles. The quantitative estimate of drug-likeness (QED) is 0.700. The molecule has 0 amide bonds. The molecule has 0 spiro atoms. The number of hydrogen-bond donors (Lipinski definition) is 0. The van der Waals surface area contributed by atoms with Crippen LogP contribution in [-0.4, -0.2) is 28.5 Å². The Morgan fingerprint density at radius 3 is 2.80 bits per heavy atom. The van der Waals surface area contributed by atoms with Crippen LogP contribution in [0.4, 0.5) is 0 Å². The highest BCUT2D eigenvalue weighted by Gasteiger charge is 2.18. The Hall–Kier alpha value is -1.52. The molecule has 15 heavy (non-hydrogen) atoms. The molecule has 0 aliphatic rings. The minimum atomic E-state index is -0.612. The molecule has 0 saturated heterocycles. The van der Waals surface area contributed by atoms with Gasteiger partial charge in [0, 0.05) is 12.6 Å². The van der Waals surface area contributed by atoms with Crippen LogP contribution in [0.15, 0.2) is 6.20 Å². The van der Waals surface area contributed by atoms with Gasteiger partial charge in [-0.05, 0) is 20.8 Å². The smallest absolute Gasteiger partial charge is 0.347 e. The number of aryl methyl sites for hydroxylation is 2. The summed E-state index contributed by atoms with van der Waals surface area (Å²) in [6.07, 6.45) is 1.08. The molecule has 1 atom stereocenters. The van der Waals surface area contributed by atoms with Crippen LogP contribution in [0.5, 0.6) is 5.88 Å². The Kier molecular flexibility index (Phi) is 3.71. The second-order valence-corrected chi connectivity index (χ2v) is 3.27. The molecule has 0 aliphatic heterocycles. The summed E-state index contributed by atoms with van der Waals surface area (Å²) in [5.41, 5.74) is 0.897. The molecule has 1 aromatic heterocycles. The summed E-state index contributed by atoms with van der Waals surface area (Å²) in [4.78, 5) is 11.3. The molecule has 1 rings (SSSR count). The van der Waals surface area contributed by atoms with Gasteiger partial charge < -0.3 is 9.47 Å². The zero-order valence-corrected chi connectivity index (χ0v) is 9.48. The van der Waals surface area contributed by atoms with E-state index in [0.717, 1.165) is 5.56 Å². The highest BCUT2D eigenvalue weighted by molar-refractivity contribution is 5.74. The van der Waals surface area contributed by atoms with Crippen molar-refractivity contribution in [2.75, 3.05) is 6.61 Å². The second kappa shape index (κ2) is 4.82. The summed E-state index contributed by atoms with van der Waals surface area (Å²) in [5.74, 6) is 0.230. The molecule has 0 bridgehead atoms. The van der Waals surface area contributed by atoms with Crippen LogP contribution in [0.3, 0.4) is 0 Å². The zero-order valence-electron chi connectivity index (χ0n) is 9.48. The van der Waals surface area contributed by atoms with Gasteiger partial charge in [0.1, 0.15) is 0 Å². The van der Waals surface area contributed by atoms with Crippen molar-refractivity contribution < 1.29 is 14.3 Å². The average Bonchev–Trinajstić information content (AvgIpc) is 2.49. The van der Waals surface area contributed by atoms with Crippen molar-refractivity contribution in [3.63, 3.8) is 0 Å². The maximum Gasteiger partial charge on any atom is 0.347 e. The van der Waals surface area contributed by atoms with Crippen molar-refractivity contribution in [2.45, 2.75) is 26.9 Å². The van der Waals surface area contributed by atoms with Gasteiger partial charge in [-0.1, -0.05) is 0 Å². The van der Waals surface area contributed by atoms with Crippen LogP contribution in [0.2, 0.25) is 0 Å². The van der Waals surface area contributed by atoms with E-state index >= 15 is 0 Å². The van der Waals surface area contributed by atoms with E-state index in [2.05, 4.69) is 5.10 Å². The molecule has 1 unspecified atom stereocenters. The van der Waals surface area contributed by atoms with Crippen LogP contribution in [0.1, 0.15) is 19.4 Å². The highest BCUT2D eigenvalue weighted by Crippen LogP contribution is 2.17. The fourth-order valence-corrected chi connectivity index (χ4v) is 1.18. The Labute approximate surface area is 89.0 Å². The standard InChI is InChI=1S/C10H16N2O3/c1-5-14-10(13)8(3)15-9-7(2)6-11-12(9)4/h6,8H,5H2,1-4H3. The van der Waals surface area contributed by atoms with Gasteiger partial charge in [0.2, 0.25) is 5.88 Å². The lowest BCUT2D eigenvalue weighted by Gasteiger charge is -2.13. The molecular weight excluding hydrogens is 196 g/mol. The first-order valence-electron chi connectivity index (χ1n) is 4.88. The van der Waals surface area contributed by atoms with Gasteiger partial charge in [-0.25, -0.2) is 9.48 Å². The Bertz CT molecular complexity index is 327. The Morgan fingerprint density at radius 2 is 2.33 bits per heavy atom. The van der Waals surface area contributed by atoms with Gasteiger partial charge in [-0.15, -0.1) is 0 Å². The van der Waals surface area contributed by atoms with Gasteiger partial charge in [0.25, 0.3) is 0 Å². The van der Waals surface area contributed by atoms with Crippen molar-refractivity contribution in [1.82, 2.24) is 9.78 Å². The van der Waals surface area contributed by atoms with Gasteiger partial charge >= 0.3 is 5.97 Å². The molecule has 84 valence electrons. The van der Waals surface area contributed by atoms with Gasteiger partial charge in [-0.3, -0.25) is 0 Å². The molecule has 1 heterocycles. The van der Waals surface area contributed by atoms with Crippen molar-refractivity contribution in [2.24, 2.45) is 7.05 Å². The number of rotatable bonds is 4. The van der Waals surface area contributed by atoms with E-state index in [1.165, 1.54) is 0 Å². The first-order valence-corrected chi connectivity index (χ1v) is 4.88. The Balaban J connectivity index is 2.66. The summed E-state index contributed by atoms with van der Waals surface area (Å²) in [6, 6.07) is 0. The number of aromatic nitrogens is 2. The molecule has 0 radical (unpaired) electrons. The topological polar surface area (TPSA) is 53.4 Å². The van der Waals surface area contributed by atoms with E-state index in [-0.39, 0.29) is 5.97 Å². The molecule has 0 fully saturated rings. The van der Waals surface area contributed by atoms with E-state index in [4.69, 9.17) is 9.47 Å². The molecular formula is C10H16N2O3. The number of carbonyl (C=O) groups is 1. The fraction of sp³-hybridized carbons (Fsp3) is 0.600. The van der Waals surface area contributed by atoms with E-state index in [1.807, 2.05) is 6.92 Å². The van der Waals surface area contributed by atoms with Crippen LogP contribution in [-0.2, 0) is 16.6 Å². The monoisotopic (exact) mass is 212 g/mol. The van der Waals surface area contributed by atoms with Crippen molar-refractivity contribution >= 4 is 5.97 Å². The summed E-state index contributed by atoms with van der Waals surface area (Å²) in [7, 11) is 1.76. The van der Waals surface area contributed by atoms with E-state index in [9.17, 15) is 4.79 Å². The number of carbonyl (C=O) groups excluding carboxylic acids is 1. The predicted molar refractivity (Wildman–Crippen MR) is 54.7 cm³/mol. The third-order valence-corrected chi connectivity index (χ3v) is 1.96. The third-order valence-electron chi connectivity index (χ3n) is 1.96. The maximum absolute atomic E-state index is 11.3. The molecule has 5 nitrogen and oxygen atoms in total. The molecule has 0 N–H and O–H groups in total. The average molecular weight is 212 g/mol. The van der Waals surface area contributed by atoms with Crippen molar-refractivity contribution in [3.8, 4) is 5.88 Å². The summed E-state index contributed by atoms with van der Waals surface area (Å²) in [5, 5.41) is 4.01. The minimum absolute atomic E-state index is 0.358. The fourth-order valence-electron chi connectivity index (χ4n) is 1.18. The normalized spacial score (nSPS) is 12.3. The van der Waals surface area contributed by atoms with Crippen LogP contribution in [0.25, 0.3) is 0 Å². The third kappa shape index (κ3) is 2.71. The van der Waals surface area contributed by atoms with Gasteiger partial charge in [0.15, 0.2) is 6.10 Å². The summed E-state index contributed by atoms with van der Waals surface area (Å²) >= 11 is 0. The molecule has 0 aliphatic carbocycles. The van der Waals surface area contributed by atoms with Crippen molar-refractivity contribution in [1.29, 1.82) is 0 Å². The van der Waals surface area contributed by atoms with Crippen LogP contribution < -0.4 is 4.74 Å². The molecule has 1 aromatic rings. The van der Waals surface area contributed by atoms with Crippen LogP contribution in [0, 0.1) is 6.92 Å². The number of ether oxygens (including phenoxy) is 2. The van der Waals surface area contributed by atoms with E-state index in [0.29, 0.717) is 12.5 Å². The molecule has 0 saturated carbocycles. The largest absolute Gasteiger partial charge is 0.463 e.